The van der Waals surface area contributed by atoms with Gasteiger partial charge < -0.3 is 20.1 Å². The van der Waals surface area contributed by atoms with E-state index in [0.29, 0.717) is 36.4 Å². The summed E-state index contributed by atoms with van der Waals surface area (Å²) < 4.78 is 10.7. The highest BCUT2D eigenvalue weighted by atomic mass is 16.5. The Balaban J connectivity index is 1.40. The lowest BCUT2D eigenvalue weighted by Crippen LogP contribution is -2.42. The predicted molar refractivity (Wildman–Crippen MR) is 123 cm³/mol. The van der Waals surface area contributed by atoms with Gasteiger partial charge in [0.05, 0.1) is 26.4 Å². The number of hydrogen-bond acceptors (Lipinski definition) is 6. The Hall–Kier alpha value is -3.08. The highest BCUT2D eigenvalue weighted by molar-refractivity contribution is 6.28. The summed E-state index contributed by atoms with van der Waals surface area (Å²) >= 11 is 0. The van der Waals surface area contributed by atoms with Crippen molar-refractivity contribution in [3.8, 4) is 12.3 Å². The van der Waals surface area contributed by atoms with E-state index in [1.54, 1.807) is 0 Å². The molecule has 0 aromatic heterocycles. The van der Waals surface area contributed by atoms with Crippen LogP contribution in [0.15, 0.2) is 24.3 Å². The van der Waals surface area contributed by atoms with Crippen molar-refractivity contribution in [2.45, 2.75) is 37.8 Å². The molecule has 7 nitrogen and oxygen atoms in total. The molecule has 2 atom stereocenters. The second-order valence-corrected chi connectivity index (χ2v) is 8.49. The monoisotopic (exact) mass is 433 g/mol. The van der Waals surface area contributed by atoms with E-state index in [2.05, 4.69) is 16.6 Å². The van der Waals surface area contributed by atoms with Crippen molar-refractivity contribution < 1.29 is 19.1 Å². The maximum Gasteiger partial charge on any atom is 0.261 e. The van der Waals surface area contributed by atoms with Crippen LogP contribution in [0, 0.1) is 12.3 Å². The molecule has 7 heteroatoms. The van der Waals surface area contributed by atoms with Gasteiger partial charge in [0.1, 0.15) is 6.61 Å². The number of anilines is 2. The molecular formula is C25H27N3O4. The van der Waals surface area contributed by atoms with E-state index in [4.69, 9.17) is 15.9 Å². The molecule has 5 rings (SSSR count). The van der Waals surface area contributed by atoms with E-state index in [0.717, 1.165) is 35.0 Å². The largest absolute Gasteiger partial charge is 0.380 e. The molecule has 1 aliphatic carbocycles. The van der Waals surface area contributed by atoms with Crippen LogP contribution in [0.5, 0.6) is 0 Å². The topological polar surface area (TPSA) is 79.9 Å². The SMILES string of the molecule is C#CCOCCOCCN1C(=O)c2ccc3c4c(ccc(c24)C1=O)NC1CCCCC1N3. The molecule has 2 N–H and O–H groups in total. The van der Waals surface area contributed by atoms with E-state index in [-0.39, 0.29) is 31.6 Å². The van der Waals surface area contributed by atoms with E-state index < -0.39 is 0 Å². The molecule has 1 saturated carbocycles. The van der Waals surface area contributed by atoms with Crippen LogP contribution in [-0.2, 0) is 9.47 Å². The number of benzene rings is 2. The molecule has 1 fully saturated rings. The molecule has 3 aliphatic rings. The lowest BCUT2D eigenvalue weighted by Gasteiger charge is -2.32. The fraction of sp³-hybridized carbons (Fsp3) is 0.440. The zero-order valence-electron chi connectivity index (χ0n) is 18.0. The van der Waals surface area contributed by atoms with Crippen molar-refractivity contribution in [1.29, 1.82) is 0 Å². The third-order valence-electron chi connectivity index (χ3n) is 6.58. The molecule has 2 aromatic carbocycles. The van der Waals surface area contributed by atoms with Gasteiger partial charge in [-0.3, -0.25) is 14.5 Å². The van der Waals surface area contributed by atoms with Gasteiger partial charge in [-0.25, -0.2) is 0 Å². The van der Waals surface area contributed by atoms with Crippen LogP contribution >= 0.6 is 0 Å². The third kappa shape index (κ3) is 3.60. The number of hydrogen-bond donors (Lipinski definition) is 2. The van der Waals surface area contributed by atoms with E-state index in [9.17, 15) is 9.59 Å². The molecule has 0 radical (unpaired) electrons. The van der Waals surface area contributed by atoms with Gasteiger partial charge in [0.2, 0.25) is 0 Å². The van der Waals surface area contributed by atoms with E-state index in [1.807, 2.05) is 24.3 Å². The Morgan fingerprint density at radius 1 is 0.875 bits per heavy atom. The lowest BCUT2D eigenvalue weighted by atomic mass is 9.90. The fourth-order valence-electron chi connectivity index (χ4n) is 5.06. The second kappa shape index (κ2) is 8.81. The summed E-state index contributed by atoms with van der Waals surface area (Å²) in [6.07, 6.45) is 9.78. The summed E-state index contributed by atoms with van der Waals surface area (Å²) in [6, 6.07) is 8.35. The van der Waals surface area contributed by atoms with Crippen LogP contribution < -0.4 is 10.6 Å². The van der Waals surface area contributed by atoms with Crippen LogP contribution in [0.25, 0.3) is 10.8 Å². The fourth-order valence-corrected chi connectivity index (χ4v) is 5.06. The van der Waals surface area contributed by atoms with E-state index in [1.165, 1.54) is 17.7 Å². The molecule has 2 amide bonds. The maximum atomic E-state index is 13.2. The number of rotatable bonds is 7. The molecule has 2 unspecified atom stereocenters. The summed E-state index contributed by atoms with van der Waals surface area (Å²) in [5.41, 5.74) is 3.11. The molecule has 166 valence electrons. The standard InChI is InChI=1S/C25H27N3O4/c1-2-12-31-14-15-32-13-11-28-24(29)16-7-9-20-23-21(10-8-17(22(16)23)25(28)30)27-19-6-4-3-5-18(19)26-20/h1,7-10,18-19,26-27H,3-6,11-15H2. The van der Waals surface area contributed by atoms with Gasteiger partial charge in [0, 0.05) is 45.4 Å². The zero-order chi connectivity index (χ0) is 22.1. The van der Waals surface area contributed by atoms with Crippen molar-refractivity contribution in [3.63, 3.8) is 0 Å². The minimum Gasteiger partial charge on any atom is -0.380 e. The maximum absolute atomic E-state index is 13.2. The Labute approximate surface area is 187 Å². The number of nitrogens with one attached hydrogen (secondary N) is 2. The average molecular weight is 434 g/mol. The number of terminal acetylenes is 1. The highest BCUT2D eigenvalue weighted by Gasteiger charge is 2.36. The van der Waals surface area contributed by atoms with Crippen molar-refractivity contribution >= 4 is 34.0 Å². The molecule has 2 aliphatic heterocycles. The van der Waals surface area contributed by atoms with Crippen LogP contribution in [0.3, 0.4) is 0 Å². The van der Waals surface area contributed by atoms with Gasteiger partial charge in [-0.1, -0.05) is 18.8 Å². The first-order chi connectivity index (χ1) is 15.7. The smallest absolute Gasteiger partial charge is 0.261 e. The number of carbonyl (C=O) groups is 2. The molecule has 2 heterocycles. The Kier molecular flexibility index (Phi) is 5.73. The molecule has 0 bridgehead atoms. The minimum atomic E-state index is -0.278. The number of imide groups is 1. The first kappa shape index (κ1) is 20.8. The summed E-state index contributed by atoms with van der Waals surface area (Å²) in [7, 11) is 0. The number of carbonyl (C=O) groups excluding carboxylic acids is 2. The van der Waals surface area contributed by atoms with Gasteiger partial charge in [0.25, 0.3) is 11.8 Å². The molecule has 0 spiro atoms. The molecule has 0 saturated heterocycles. The number of ether oxygens (including phenoxy) is 2. The lowest BCUT2D eigenvalue weighted by molar-refractivity contribution is 0.0395. The molecule has 32 heavy (non-hydrogen) atoms. The van der Waals surface area contributed by atoms with Gasteiger partial charge >= 0.3 is 0 Å². The predicted octanol–water partition coefficient (Wildman–Crippen LogP) is 3.25. The van der Waals surface area contributed by atoms with Gasteiger partial charge in [0.15, 0.2) is 0 Å². The normalized spacial score (nSPS) is 21.4. The Morgan fingerprint density at radius 3 is 2.06 bits per heavy atom. The minimum absolute atomic E-state index is 0.192. The van der Waals surface area contributed by atoms with Gasteiger partial charge in [-0.05, 0) is 37.1 Å². The molecule has 2 aromatic rings. The number of nitrogens with zero attached hydrogens (tertiary/aromatic N) is 1. The summed E-state index contributed by atoms with van der Waals surface area (Å²) in [5.74, 6) is 1.84. The van der Waals surface area contributed by atoms with Crippen LogP contribution in [0.4, 0.5) is 11.4 Å². The first-order valence-corrected chi connectivity index (χ1v) is 11.3. The van der Waals surface area contributed by atoms with Crippen LogP contribution in [0.1, 0.15) is 46.4 Å². The third-order valence-corrected chi connectivity index (χ3v) is 6.58. The number of amides is 2. The van der Waals surface area contributed by atoms with Crippen molar-refractivity contribution in [2.75, 3.05) is 43.6 Å². The second-order valence-electron chi connectivity index (χ2n) is 8.49. The number of fused-ring (bicyclic) bond motifs is 1. The van der Waals surface area contributed by atoms with Gasteiger partial charge in [-0.2, -0.15) is 0 Å². The van der Waals surface area contributed by atoms with Crippen molar-refractivity contribution in [1.82, 2.24) is 4.90 Å². The highest BCUT2D eigenvalue weighted by Crippen LogP contribution is 2.42. The van der Waals surface area contributed by atoms with Crippen LogP contribution in [0.2, 0.25) is 0 Å². The first-order valence-electron chi connectivity index (χ1n) is 11.3. The summed E-state index contributed by atoms with van der Waals surface area (Å²) in [6.45, 7) is 1.41. The quantitative estimate of drug-likeness (QED) is 0.396. The van der Waals surface area contributed by atoms with Gasteiger partial charge in [-0.15, -0.1) is 6.42 Å². The van der Waals surface area contributed by atoms with Crippen molar-refractivity contribution in [3.05, 3.63) is 35.4 Å². The Bertz CT molecular complexity index is 1040. The zero-order valence-corrected chi connectivity index (χ0v) is 18.0. The van der Waals surface area contributed by atoms with Crippen LogP contribution in [-0.4, -0.2) is 61.8 Å². The average Bonchev–Trinajstić information content (AvgIpc) is 2.97. The summed E-state index contributed by atoms with van der Waals surface area (Å²) in [4.78, 5) is 27.8. The Morgan fingerprint density at radius 2 is 1.47 bits per heavy atom. The summed E-state index contributed by atoms with van der Waals surface area (Å²) in [5, 5.41) is 9.06. The van der Waals surface area contributed by atoms with Crippen molar-refractivity contribution in [2.24, 2.45) is 0 Å². The van der Waals surface area contributed by atoms with E-state index >= 15 is 0 Å². The molecular weight excluding hydrogens is 406 g/mol.